The van der Waals surface area contributed by atoms with Gasteiger partial charge in [0.05, 0.1) is 24.0 Å². The van der Waals surface area contributed by atoms with Gasteiger partial charge in [-0.05, 0) is 67.5 Å². The summed E-state index contributed by atoms with van der Waals surface area (Å²) in [5.74, 6) is -0.697. The summed E-state index contributed by atoms with van der Waals surface area (Å²) in [5.41, 5.74) is 2.24. The molecule has 0 bridgehead atoms. The number of likely N-dealkylation sites (tertiary alicyclic amines) is 1. The zero-order valence-corrected chi connectivity index (χ0v) is 20.8. The molecule has 1 fully saturated rings. The van der Waals surface area contributed by atoms with Gasteiger partial charge in [-0.2, -0.15) is 10.2 Å². The molecule has 2 aliphatic heterocycles. The Balaban J connectivity index is 1.40. The number of unbranched alkanes of at least 4 members (excludes halogenated alkanes) is 2. The van der Waals surface area contributed by atoms with E-state index in [4.69, 9.17) is 0 Å². The van der Waals surface area contributed by atoms with Crippen LogP contribution in [0.25, 0.3) is 0 Å². The maximum Gasteiger partial charge on any atom is 0.259 e. The average molecular weight is 493 g/mol. The first kappa shape index (κ1) is 25.6. The highest BCUT2D eigenvalue weighted by molar-refractivity contribution is 6.04. The number of rotatable bonds is 9. The molecule has 9 heteroatoms. The minimum absolute atomic E-state index is 0.0390. The number of hydrogen-bond donors (Lipinski definition) is 1. The molecule has 0 aliphatic carbocycles. The van der Waals surface area contributed by atoms with E-state index in [0.717, 1.165) is 56.3 Å². The number of benzene rings is 1. The van der Waals surface area contributed by atoms with Gasteiger partial charge in [0, 0.05) is 32.4 Å². The second kappa shape index (κ2) is 12.5. The maximum atomic E-state index is 14.8. The lowest BCUT2D eigenvalue weighted by Crippen LogP contribution is -2.41. The molecule has 3 heterocycles. The molecule has 0 saturated carbocycles. The van der Waals surface area contributed by atoms with Crippen LogP contribution in [0.2, 0.25) is 0 Å². The number of pyridine rings is 1. The summed E-state index contributed by atoms with van der Waals surface area (Å²) in [5, 5.41) is 10.6. The molecule has 0 unspecified atom stereocenters. The van der Waals surface area contributed by atoms with Crippen LogP contribution in [0.5, 0.6) is 0 Å². The number of amides is 2. The van der Waals surface area contributed by atoms with E-state index in [1.807, 2.05) is 4.90 Å². The standard InChI is InChI=1S/C27H33FN6O2/c1-2-3-4-11-29-30-17-22-8-7-9-25(31-22)32-27(36)23-15-21-18-33(14-10-20(21)16-24(23)28)19-26(35)34-12-5-6-13-34/h7-9,11,15-17H,2-6,10,12-14,18-19H2,1H3,(H,31,32,36)/b29-11+,30-17+. The summed E-state index contributed by atoms with van der Waals surface area (Å²) >= 11 is 0. The monoisotopic (exact) mass is 492 g/mol. The van der Waals surface area contributed by atoms with Gasteiger partial charge in [0.2, 0.25) is 5.91 Å². The van der Waals surface area contributed by atoms with Gasteiger partial charge in [0.1, 0.15) is 11.6 Å². The number of fused-ring (bicyclic) bond motifs is 1. The third kappa shape index (κ3) is 6.81. The lowest BCUT2D eigenvalue weighted by molar-refractivity contribution is -0.131. The van der Waals surface area contributed by atoms with Crippen LogP contribution in [0.1, 0.15) is 66.2 Å². The fourth-order valence-electron chi connectivity index (χ4n) is 4.47. The third-order valence-corrected chi connectivity index (χ3v) is 6.48. The number of aromatic nitrogens is 1. The van der Waals surface area contributed by atoms with Crippen molar-refractivity contribution in [2.45, 2.75) is 52.0 Å². The van der Waals surface area contributed by atoms with Crippen LogP contribution in [-0.2, 0) is 17.8 Å². The molecule has 4 rings (SSSR count). The SMILES string of the molecule is CCCC/C=N/N=C/c1cccc(NC(=O)c2cc3c(cc2F)CCN(CC(=O)N2CCCC2)C3)n1. The van der Waals surface area contributed by atoms with Crippen molar-refractivity contribution in [1.82, 2.24) is 14.8 Å². The fourth-order valence-corrected chi connectivity index (χ4v) is 4.47. The van der Waals surface area contributed by atoms with E-state index in [2.05, 4.69) is 32.3 Å². The van der Waals surface area contributed by atoms with Gasteiger partial charge in [-0.25, -0.2) is 9.37 Å². The van der Waals surface area contributed by atoms with Crippen molar-refractivity contribution in [3.05, 3.63) is 58.5 Å². The molecule has 2 aliphatic rings. The van der Waals surface area contributed by atoms with E-state index >= 15 is 0 Å². The highest BCUT2D eigenvalue weighted by Crippen LogP contribution is 2.24. The summed E-state index contributed by atoms with van der Waals surface area (Å²) in [6.45, 7) is 5.32. The molecular weight excluding hydrogens is 459 g/mol. The molecule has 0 atom stereocenters. The normalized spacial score (nSPS) is 16.1. The summed E-state index contributed by atoms with van der Waals surface area (Å²) in [6, 6.07) is 8.17. The number of nitrogens with zero attached hydrogens (tertiary/aromatic N) is 5. The average Bonchev–Trinajstić information content (AvgIpc) is 3.41. The molecular formula is C27H33FN6O2. The van der Waals surface area contributed by atoms with Gasteiger partial charge in [0.15, 0.2) is 0 Å². The van der Waals surface area contributed by atoms with Gasteiger partial charge in [-0.15, -0.1) is 0 Å². The summed E-state index contributed by atoms with van der Waals surface area (Å²) in [4.78, 5) is 33.8. The topological polar surface area (TPSA) is 90.3 Å². The Kier molecular flexibility index (Phi) is 8.89. The van der Waals surface area contributed by atoms with Crippen LogP contribution in [0.4, 0.5) is 10.2 Å². The third-order valence-electron chi connectivity index (χ3n) is 6.48. The highest BCUT2D eigenvalue weighted by Gasteiger charge is 2.25. The van der Waals surface area contributed by atoms with Crippen LogP contribution in [0.15, 0.2) is 40.5 Å². The van der Waals surface area contributed by atoms with Gasteiger partial charge >= 0.3 is 0 Å². The Labute approximate surface area is 211 Å². The predicted octanol–water partition coefficient (Wildman–Crippen LogP) is 4.05. The fraction of sp³-hybridized carbons (Fsp3) is 0.444. The molecule has 1 aromatic carbocycles. The number of anilines is 1. The summed E-state index contributed by atoms with van der Waals surface area (Å²) < 4.78 is 14.8. The molecule has 8 nitrogen and oxygen atoms in total. The van der Waals surface area contributed by atoms with Gasteiger partial charge in [-0.3, -0.25) is 14.5 Å². The Hall–Kier alpha value is -3.46. The molecule has 1 N–H and O–H groups in total. The number of nitrogens with one attached hydrogen (secondary N) is 1. The quantitative estimate of drug-likeness (QED) is 0.325. The summed E-state index contributed by atoms with van der Waals surface area (Å²) in [7, 11) is 0. The largest absolute Gasteiger partial charge is 0.342 e. The second-order valence-electron chi connectivity index (χ2n) is 9.24. The van der Waals surface area contributed by atoms with Crippen LogP contribution in [-0.4, -0.2) is 65.2 Å². The highest BCUT2D eigenvalue weighted by atomic mass is 19.1. The van der Waals surface area contributed by atoms with Gasteiger partial charge in [0.25, 0.3) is 5.91 Å². The molecule has 1 aromatic heterocycles. The molecule has 0 radical (unpaired) electrons. The van der Waals surface area contributed by atoms with Crippen molar-refractivity contribution in [2.24, 2.45) is 10.2 Å². The van der Waals surface area contributed by atoms with Crippen molar-refractivity contribution in [3.8, 4) is 0 Å². The smallest absolute Gasteiger partial charge is 0.259 e. The molecule has 2 amide bonds. The van der Waals surface area contributed by atoms with Crippen molar-refractivity contribution in [3.63, 3.8) is 0 Å². The minimum Gasteiger partial charge on any atom is -0.342 e. The molecule has 190 valence electrons. The van der Waals surface area contributed by atoms with Crippen molar-refractivity contribution < 1.29 is 14.0 Å². The molecule has 0 spiro atoms. The Morgan fingerprint density at radius 3 is 2.78 bits per heavy atom. The number of carbonyl (C=O) groups is 2. The van der Waals surface area contributed by atoms with Crippen molar-refractivity contribution in [2.75, 3.05) is 31.5 Å². The number of carbonyl (C=O) groups excluding carboxylic acids is 2. The first-order chi connectivity index (χ1) is 17.5. The van der Waals surface area contributed by atoms with Crippen LogP contribution >= 0.6 is 0 Å². The molecule has 1 saturated heterocycles. The number of hydrogen-bond acceptors (Lipinski definition) is 6. The Morgan fingerprint density at radius 2 is 1.97 bits per heavy atom. The Bertz CT molecular complexity index is 1140. The first-order valence-corrected chi connectivity index (χ1v) is 12.7. The number of halogens is 1. The lowest BCUT2D eigenvalue weighted by Gasteiger charge is -2.30. The minimum atomic E-state index is -0.570. The van der Waals surface area contributed by atoms with Crippen molar-refractivity contribution >= 4 is 30.1 Å². The predicted molar refractivity (Wildman–Crippen MR) is 139 cm³/mol. The first-order valence-electron chi connectivity index (χ1n) is 12.7. The van der Waals surface area contributed by atoms with E-state index in [0.29, 0.717) is 37.6 Å². The lowest BCUT2D eigenvalue weighted by atomic mass is 9.96. The van der Waals surface area contributed by atoms with Gasteiger partial charge in [-0.1, -0.05) is 19.4 Å². The van der Waals surface area contributed by atoms with Crippen LogP contribution in [0, 0.1) is 5.82 Å². The van der Waals surface area contributed by atoms with Crippen LogP contribution in [0.3, 0.4) is 0 Å². The van der Waals surface area contributed by atoms with E-state index in [1.54, 1.807) is 30.5 Å². The van der Waals surface area contributed by atoms with E-state index < -0.39 is 11.7 Å². The van der Waals surface area contributed by atoms with Crippen molar-refractivity contribution in [1.29, 1.82) is 0 Å². The molecule has 36 heavy (non-hydrogen) atoms. The molecule has 2 aromatic rings. The van der Waals surface area contributed by atoms with E-state index in [9.17, 15) is 14.0 Å². The zero-order chi connectivity index (χ0) is 25.3. The second-order valence-corrected chi connectivity index (χ2v) is 9.24. The summed E-state index contributed by atoms with van der Waals surface area (Å²) in [6.07, 6.45) is 9.06. The van der Waals surface area contributed by atoms with E-state index in [1.165, 1.54) is 12.3 Å². The van der Waals surface area contributed by atoms with E-state index in [-0.39, 0.29) is 11.5 Å². The maximum absolute atomic E-state index is 14.8. The van der Waals surface area contributed by atoms with Gasteiger partial charge < -0.3 is 10.2 Å². The van der Waals surface area contributed by atoms with Crippen LogP contribution < -0.4 is 5.32 Å². The Morgan fingerprint density at radius 1 is 1.14 bits per heavy atom. The zero-order valence-electron chi connectivity index (χ0n) is 20.8.